The second-order valence-corrected chi connectivity index (χ2v) is 46.9. The van der Waals surface area contributed by atoms with Gasteiger partial charge < -0.3 is 31.4 Å². The van der Waals surface area contributed by atoms with Gasteiger partial charge in [-0.3, -0.25) is 42.4 Å². The van der Waals surface area contributed by atoms with Crippen LogP contribution >= 0.6 is 30.5 Å². The lowest BCUT2D eigenvalue weighted by Crippen LogP contribution is -2.25. The van der Waals surface area contributed by atoms with E-state index in [0.29, 0.717) is 94.5 Å². The fourth-order valence-corrected chi connectivity index (χ4v) is 16.4. The van der Waals surface area contributed by atoms with Crippen LogP contribution < -0.4 is 42.9 Å². The highest BCUT2D eigenvalue weighted by molar-refractivity contribution is 9.26. The molecule has 644 valence electrons. The maximum Gasteiger partial charge on any atom is 0.524 e. The van der Waals surface area contributed by atoms with Crippen molar-refractivity contribution in [2.75, 3.05) is 30.5 Å². The van der Waals surface area contributed by atoms with Gasteiger partial charge in [-0.25, -0.2) is 61.7 Å². The van der Waals surface area contributed by atoms with Gasteiger partial charge in [0.15, 0.2) is 16.9 Å². The lowest BCUT2D eigenvalue weighted by atomic mass is 10.1. The van der Waals surface area contributed by atoms with Gasteiger partial charge in [0.25, 0.3) is 16.7 Å². The Hall–Kier alpha value is -14.1. The summed E-state index contributed by atoms with van der Waals surface area (Å²) in [5, 5.41) is 29.6. The molecule has 9 heterocycles. The van der Waals surface area contributed by atoms with Gasteiger partial charge >= 0.3 is 7.82 Å². The van der Waals surface area contributed by atoms with E-state index in [1.165, 1.54) is 67.3 Å². The Labute approximate surface area is 732 Å². The van der Waals surface area contributed by atoms with E-state index in [1.54, 1.807) is 29.1 Å². The Balaban J connectivity index is 0.000000143. The fraction of sp³-hybridized carbons (Fsp3) is 0.152. The van der Waals surface area contributed by atoms with Gasteiger partial charge in [0.05, 0.1) is 69.0 Å². The first kappa shape index (κ1) is 87.8. The zero-order valence-corrected chi connectivity index (χ0v) is 74.8. The molecule has 0 amide bonds. The Bertz CT molecular complexity index is 7430. The number of fused-ring (bicyclic) bond motifs is 6. The Morgan fingerprint density at radius 1 is 0.394 bits per heavy atom. The number of nitrogens with two attached hydrogens (primary N) is 3. The summed E-state index contributed by atoms with van der Waals surface area (Å²) in [5.41, 5.74) is 30.6. The molecule has 9 N–H and O–H groups in total. The lowest BCUT2D eigenvalue weighted by Gasteiger charge is -2.17. The first-order chi connectivity index (χ1) is 60.3. The maximum absolute atomic E-state index is 14.7. The smallest absolute Gasteiger partial charge is 0.508 e. The minimum atomic E-state index is -4.96. The number of halogens is 4. The number of rotatable bonds is 16. The third-order valence-corrected chi connectivity index (χ3v) is 21.8. The van der Waals surface area contributed by atoms with E-state index in [4.69, 9.17) is 31.9 Å². The van der Waals surface area contributed by atoms with Crippen LogP contribution in [0.5, 0.6) is 17.2 Å². The number of nitrogens with zero attached hydrogens (tertiary/aromatic N) is 15. The van der Waals surface area contributed by atoms with E-state index in [9.17, 15) is 51.6 Å². The van der Waals surface area contributed by atoms with E-state index in [1.807, 2.05) is 187 Å². The summed E-state index contributed by atoms with van der Waals surface area (Å²) in [5.74, 6) is -2.15. The van der Waals surface area contributed by atoms with Crippen molar-refractivity contribution >= 4 is 120 Å². The predicted octanol–water partition coefficient (Wildman–Crippen LogP) is 17.9. The molecule has 0 unspecified atom stereocenters. The van der Waals surface area contributed by atoms with Crippen molar-refractivity contribution in [2.45, 2.75) is 80.8 Å². The van der Waals surface area contributed by atoms with Gasteiger partial charge in [-0.1, -0.05) is 129 Å². The number of aromatic hydroxyl groups is 1. The van der Waals surface area contributed by atoms with Gasteiger partial charge in [0, 0.05) is 65.3 Å². The molecule has 0 radical (unpaired) electrons. The number of phosphoric acid groups is 1. The Kier molecular flexibility index (Phi) is 24.3. The summed E-state index contributed by atoms with van der Waals surface area (Å²) in [6.07, 6.45) is 3.94. The molecule has 18 rings (SSSR count). The lowest BCUT2D eigenvalue weighted by molar-refractivity contribution is 0.283. The number of phenolic OH excluding ortho intramolecular Hbond substituents is 1. The number of hydrogen-bond acceptors (Lipinski definition) is 20. The van der Waals surface area contributed by atoms with Crippen LogP contribution in [0.1, 0.15) is 50.5 Å². The molecule has 18 aromatic rings. The number of anilines is 3. The quantitative estimate of drug-likeness (QED) is 0.0297. The molecular weight excluding hydrogens is 1740 g/mol. The molecule has 0 bridgehead atoms. The average molecular weight is 1830 g/mol. The molecule has 0 spiro atoms. The number of aromatic nitrogens is 15. The number of pyridine rings is 3. The number of phosphoric ester groups is 1. The topological polar surface area (TPSA) is 388 Å². The average Bonchev–Trinajstić information content (AvgIpc) is 1.72. The van der Waals surface area contributed by atoms with Crippen molar-refractivity contribution in [3.63, 3.8) is 0 Å². The van der Waals surface area contributed by atoms with Crippen molar-refractivity contribution in [3.05, 3.63) is 318 Å². The number of benzene rings is 9. The van der Waals surface area contributed by atoms with Gasteiger partial charge in [-0.05, 0) is 164 Å². The van der Waals surface area contributed by atoms with Gasteiger partial charge in [0.1, 0.15) is 94.9 Å². The molecule has 9 aromatic heterocycles. The summed E-state index contributed by atoms with van der Waals surface area (Å²) >= 11 is 3.51. The standard InChI is InChI=1S/C31H28FN6O3P.C29H24FN6O5P.C29H23FN6O2.C3H9BrSi/c1-18-8-5-6-11-25(18)38-23(13-20-10-7-9-19(2)26(20)31(38)39)16-37-30-27(29(33)34-17-35-30)28(36-37)21-12-22(32)15-24(14-21)41-42(3,4)40;1-16-6-3-4-9-23(16)36-21(11-18-8-5-7-17(2)24(18)29(36)37)14-35-28-25(27(31)32-15-33-28)26(34-35)19-10-20(30)13-22(12-19)41-42(38,39)40;1-16-6-3-4-9-23(16)36-21(11-18-8-5-7-17(2)24(18)29(36)38)14-35-28-25(27(31)32-15-33-28)26(34-35)19-10-20(30)13-22(37)12-19;1-5(2,3)4/h5-15,17H,16H2,1-4H3,(H2,33,34,35);3-13,15H,14H2,1-2H3,(H2,31,32,33)(H2,38,39,40);3-13,15,37H,14H2,1-2H3,(H2,31,32,33);1-3H3. The molecule has 0 fully saturated rings. The van der Waals surface area contributed by atoms with Crippen molar-refractivity contribution in [3.8, 4) is 68.1 Å². The summed E-state index contributed by atoms with van der Waals surface area (Å²) in [4.78, 5) is 86.1. The molecule has 0 atom stereocenters. The second-order valence-electron chi connectivity index (χ2n) is 31.7. The maximum atomic E-state index is 14.7. The molecule has 0 aliphatic heterocycles. The predicted molar refractivity (Wildman–Crippen MR) is 496 cm³/mol. The summed E-state index contributed by atoms with van der Waals surface area (Å²) in [7, 11) is -7.92. The molecular formula is C92H84BrF3N18O10P2Si. The first-order valence-electron chi connectivity index (χ1n) is 39.6. The molecule has 0 aliphatic carbocycles. The molecule has 28 nitrogen and oxygen atoms in total. The van der Waals surface area contributed by atoms with Crippen molar-refractivity contribution in [1.29, 1.82) is 0 Å². The van der Waals surface area contributed by atoms with Crippen LogP contribution in [0.4, 0.5) is 30.6 Å². The zero-order chi connectivity index (χ0) is 90.6. The highest BCUT2D eigenvalue weighted by Gasteiger charge is 2.28. The molecule has 35 heteroatoms. The van der Waals surface area contributed by atoms with Crippen LogP contribution in [0.25, 0.3) is 116 Å². The van der Waals surface area contributed by atoms with E-state index in [-0.39, 0.29) is 76.5 Å². The van der Waals surface area contributed by atoms with Crippen LogP contribution in [0.15, 0.2) is 234 Å². The summed E-state index contributed by atoms with van der Waals surface area (Å²) < 4.78 is 87.2. The number of phenols is 1. The van der Waals surface area contributed by atoms with Crippen molar-refractivity contribution in [1.82, 2.24) is 72.9 Å². The van der Waals surface area contributed by atoms with E-state index in [2.05, 4.69) is 74.5 Å². The zero-order valence-electron chi connectivity index (χ0n) is 70.5. The van der Waals surface area contributed by atoms with Crippen molar-refractivity contribution < 1.29 is 46.2 Å². The van der Waals surface area contributed by atoms with Crippen LogP contribution in [-0.2, 0) is 28.8 Å². The third-order valence-electron chi connectivity index (χ3n) is 20.7. The second kappa shape index (κ2) is 35.2. The minimum absolute atomic E-state index is 0.0633. The van der Waals surface area contributed by atoms with Crippen LogP contribution in [-0.4, -0.2) is 108 Å². The van der Waals surface area contributed by atoms with Crippen LogP contribution in [0.2, 0.25) is 19.6 Å². The number of hydrogen-bond donors (Lipinski definition) is 6. The largest absolute Gasteiger partial charge is 0.524 e. The highest BCUT2D eigenvalue weighted by Crippen LogP contribution is 2.44. The minimum Gasteiger partial charge on any atom is -0.508 e. The van der Waals surface area contributed by atoms with E-state index in [0.717, 1.165) is 79.1 Å². The monoisotopic (exact) mass is 1830 g/mol. The molecule has 0 saturated carbocycles. The summed E-state index contributed by atoms with van der Waals surface area (Å²) in [6.45, 7) is 20.8. The van der Waals surface area contributed by atoms with Crippen molar-refractivity contribution in [2.24, 2.45) is 0 Å². The summed E-state index contributed by atoms with van der Waals surface area (Å²) in [6, 6.07) is 56.9. The fourth-order valence-electron chi connectivity index (χ4n) is 15.4. The Morgan fingerprint density at radius 3 is 0.984 bits per heavy atom. The van der Waals surface area contributed by atoms with Crippen LogP contribution in [0.3, 0.4) is 0 Å². The number of nitrogen functional groups attached to an aromatic ring is 3. The Morgan fingerprint density at radius 2 is 0.685 bits per heavy atom. The van der Waals surface area contributed by atoms with Gasteiger partial charge in [-0.15, -0.1) is 15.3 Å². The normalized spacial score (nSPS) is 11.7. The molecule has 9 aromatic carbocycles. The van der Waals surface area contributed by atoms with Crippen LogP contribution in [0, 0.1) is 59.0 Å². The van der Waals surface area contributed by atoms with Gasteiger partial charge in [-0.2, -0.15) is 15.3 Å². The SMILES string of the molecule is C[Si](C)(C)Br.Cc1ccccc1-n1c(Cn2nc(-c3cc(F)cc(OP(=O)(O)O)c3)c3c(N)ncnc32)cc2cccc(C)c2c1=O.Cc1ccccc1-n1c(Cn2nc(-c3cc(F)cc(OP(C)(C)=O)c3)c3c(N)ncnc32)cc2cccc(C)c2c1=O.Cc1ccccc1-n1c(Cn2nc(-c3cc(O)cc(F)c3)c3c(N)ncnc32)cc2cccc(C)c2c1=O. The molecule has 0 aliphatic rings. The number of aryl methyl sites for hydroxylation is 6. The van der Waals surface area contributed by atoms with E-state index < -0.39 is 45.1 Å². The number of para-hydroxylation sites is 3. The first-order valence-corrected chi connectivity index (χ1v) is 49.4. The third kappa shape index (κ3) is 18.7. The highest BCUT2D eigenvalue weighted by atomic mass is 79.9. The van der Waals surface area contributed by atoms with E-state index >= 15 is 0 Å². The molecule has 0 saturated heterocycles. The van der Waals surface area contributed by atoms with Gasteiger partial charge in [0.2, 0.25) is 7.37 Å². The molecule has 127 heavy (non-hydrogen) atoms.